The number of ether oxygens (including phenoxy) is 1. The minimum atomic E-state index is -3.92. The predicted octanol–water partition coefficient (Wildman–Crippen LogP) is 3.70. The molecule has 2 rings (SSSR count). The van der Waals surface area contributed by atoms with Crippen molar-refractivity contribution < 1.29 is 26.7 Å². The van der Waals surface area contributed by atoms with E-state index in [0.29, 0.717) is 5.69 Å². The largest absolute Gasteiger partial charge is 0.433 e. The van der Waals surface area contributed by atoms with E-state index in [0.717, 1.165) is 12.1 Å². The van der Waals surface area contributed by atoms with E-state index in [1.54, 1.807) is 0 Å². The van der Waals surface area contributed by atoms with Crippen LogP contribution in [0.25, 0.3) is 0 Å². The van der Waals surface area contributed by atoms with Gasteiger partial charge in [-0.25, -0.2) is 8.42 Å². The Morgan fingerprint density at radius 3 is 2.24 bits per heavy atom. The number of hydrogen-bond donors (Lipinski definition) is 2. The average molecular weight is 391 g/mol. The Balaban J connectivity index is 2.18. The zero-order valence-electron chi connectivity index (χ0n) is 12.8. The molecule has 2 N–H and O–H groups in total. The van der Waals surface area contributed by atoms with Gasteiger partial charge in [0.25, 0.3) is 10.0 Å². The second-order valence-corrected chi connectivity index (χ2v) is 6.92. The number of rotatable bonds is 6. The van der Waals surface area contributed by atoms with Gasteiger partial charge in [-0.1, -0.05) is 11.6 Å². The van der Waals surface area contributed by atoms with E-state index in [2.05, 4.69) is 14.8 Å². The Morgan fingerprint density at radius 1 is 1.12 bits per heavy atom. The first-order valence-corrected chi connectivity index (χ1v) is 8.68. The zero-order valence-corrected chi connectivity index (χ0v) is 14.4. The lowest BCUT2D eigenvalue weighted by Gasteiger charge is -2.11. The Morgan fingerprint density at radius 2 is 1.72 bits per heavy atom. The number of nitrogens with one attached hydrogen (secondary N) is 2. The summed E-state index contributed by atoms with van der Waals surface area (Å²) in [4.78, 5) is 10.9. The summed E-state index contributed by atoms with van der Waals surface area (Å²) >= 11 is 5.78. The van der Waals surface area contributed by atoms with Gasteiger partial charge in [0.15, 0.2) is 0 Å². The number of carbonyl (C=O) groups is 1. The van der Waals surface area contributed by atoms with E-state index in [-0.39, 0.29) is 27.3 Å². The van der Waals surface area contributed by atoms with Crippen molar-refractivity contribution in [1.82, 2.24) is 0 Å². The van der Waals surface area contributed by atoms with Crippen LogP contribution in [0.2, 0.25) is 5.02 Å². The SMILES string of the molecule is CC(=O)Nc1ccc(S(=O)(=O)Nc2ccc(OC(F)F)c(Cl)c2)cc1. The van der Waals surface area contributed by atoms with Crippen LogP contribution in [0.3, 0.4) is 0 Å². The molecule has 134 valence electrons. The van der Waals surface area contributed by atoms with Crippen LogP contribution in [0.1, 0.15) is 6.92 Å². The van der Waals surface area contributed by atoms with E-state index < -0.39 is 16.6 Å². The third-order valence-electron chi connectivity index (χ3n) is 2.89. The van der Waals surface area contributed by atoms with Gasteiger partial charge in [-0.3, -0.25) is 9.52 Å². The summed E-state index contributed by atoms with van der Waals surface area (Å²) in [7, 11) is -3.92. The van der Waals surface area contributed by atoms with Crippen molar-refractivity contribution in [2.45, 2.75) is 18.4 Å². The number of sulfonamides is 1. The fraction of sp³-hybridized carbons (Fsp3) is 0.133. The maximum absolute atomic E-state index is 12.3. The summed E-state index contributed by atoms with van der Waals surface area (Å²) in [5.74, 6) is -0.547. The number of halogens is 3. The maximum Gasteiger partial charge on any atom is 0.387 e. The Hall–Kier alpha value is -2.39. The van der Waals surface area contributed by atoms with Gasteiger partial charge >= 0.3 is 6.61 Å². The number of anilines is 2. The van der Waals surface area contributed by atoms with Crippen molar-refractivity contribution in [3.8, 4) is 5.75 Å². The number of hydrogen-bond acceptors (Lipinski definition) is 4. The molecule has 25 heavy (non-hydrogen) atoms. The number of alkyl halides is 2. The summed E-state index contributed by atoms with van der Waals surface area (Å²) in [6, 6.07) is 9.01. The molecule has 0 saturated heterocycles. The van der Waals surface area contributed by atoms with Crippen LogP contribution in [0, 0.1) is 0 Å². The van der Waals surface area contributed by atoms with Gasteiger partial charge in [0.05, 0.1) is 15.6 Å². The number of amides is 1. The Kier molecular flexibility index (Phi) is 5.81. The summed E-state index contributed by atoms with van der Waals surface area (Å²) in [5.41, 5.74) is 0.528. The molecule has 0 unspecified atom stereocenters. The molecule has 0 atom stereocenters. The van der Waals surface area contributed by atoms with Crippen LogP contribution in [0.5, 0.6) is 5.75 Å². The summed E-state index contributed by atoms with van der Waals surface area (Å²) in [6.45, 7) is -1.71. The summed E-state index contributed by atoms with van der Waals surface area (Å²) < 4.78 is 55.5. The van der Waals surface area contributed by atoms with Crippen molar-refractivity contribution >= 4 is 38.9 Å². The molecule has 10 heteroatoms. The van der Waals surface area contributed by atoms with Crippen molar-refractivity contribution in [3.05, 3.63) is 47.5 Å². The minimum absolute atomic E-state index is 0.0503. The summed E-state index contributed by atoms with van der Waals surface area (Å²) in [6.07, 6.45) is 0. The molecule has 0 aliphatic heterocycles. The zero-order chi connectivity index (χ0) is 18.6. The van der Waals surface area contributed by atoms with Crippen molar-refractivity contribution in [2.75, 3.05) is 10.0 Å². The first-order chi connectivity index (χ1) is 11.7. The molecule has 0 aliphatic carbocycles. The molecule has 0 fully saturated rings. The van der Waals surface area contributed by atoms with Crippen LogP contribution in [0.15, 0.2) is 47.4 Å². The highest BCUT2D eigenvalue weighted by molar-refractivity contribution is 7.92. The van der Waals surface area contributed by atoms with Crippen LogP contribution in [-0.2, 0) is 14.8 Å². The quantitative estimate of drug-likeness (QED) is 0.787. The van der Waals surface area contributed by atoms with E-state index in [1.807, 2.05) is 0 Å². The number of carbonyl (C=O) groups excluding carboxylic acids is 1. The van der Waals surface area contributed by atoms with Crippen LogP contribution in [-0.4, -0.2) is 20.9 Å². The van der Waals surface area contributed by atoms with E-state index >= 15 is 0 Å². The second-order valence-electron chi connectivity index (χ2n) is 4.83. The minimum Gasteiger partial charge on any atom is -0.433 e. The van der Waals surface area contributed by atoms with Crippen LogP contribution < -0.4 is 14.8 Å². The fourth-order valence-corrected chi connectivity index (χ4v) is 3.17. The van der Waals surface area contributed by atoms with Gasteiger partial charge in [0.1, 0.15) is 5.75 Å². The maximum atomic E-state index is 12.3. The molecule has 0 bridgehead atoms. The van der Waals surface area contributed by atoms with Crippen molar-refractivity contribution in [2.24, 2.45) is 0 Å². The van der Waals surface area contributed by atoms with Gasteiger partial charge in [-0.15, -0.1) is 0 Å². The van der Waals surface area contributed by atoms with Gasteiger partial charge in [0, 0.05) is 12.6 Å². The fourth-order valence-electron chi connectivity index (χ4n) is 1.89. The highest BCUT2D eigenvalue weighted by atomic mass is 35.5. The molecule has 0 spiro atoms. The second kappa shape index (κ2) is 7.66. The lowest BCUT2D eigenvalue weighted by molar-refractivity contribution is -0.114. The topological polar surface area (TPSA) is 84.5 Å². The molecule has 2 aromatic rings. The lowest BCUT2D eigenvalue weighted by Crippen LogP contribution is -2.13. The Labute approximate surface area is 147 Å². The molecule has 0 radical (unpaired) electrons. The molecular weight excluding hydrogens is 378 g/mol. The highest BCUT2D eigenvalue weighted by Crippen LogP contribution is 2.30. The van der Waals surface area contributed by atoms with Crippen LogP contribution >= 0.6 is 11.6 Å². The first kappa shape index (κ1) is 18.9. The molecule has 2 aromatic carbocycles. The summed E-state index contributed by atoms with van der Waals surface area (Å²) in [5, 5.41) is 2.35. The molecule has 0 saturated carbocycles. The highest BCUT2D eigenvalue weighted by Gasteiger charge is 2.16. The van der Waals surface area contributed by atoms with Gasteiger partial charge in [-0.2, -0.15) is 8.78 Å². The van der Waals surface area contributed by atoms with Crippen molar-refractivity contribution in [1.29, 1.82) is 0 Å². The normalized spacial score (nSPS) is 11.2. The van der Waals surface area contributed by atoms with Crippen LogP contribution in [0.4, 0.5) is 20.2 Å². The average Bonchev–Trinajstić information content (AvgIpc) is 2.49. The lowest BCUT2D eigenvalue weighted by atomic mass is 10.3. The predicted molar refractivity (Wildman–Crippen MR) is 89.6 cm³/mol. The van der Waals surface area contributed by atoms with Crippen molar-refractivity contribution in [3.63, 3.8) is 0 Å². The van der Waals surface area contributed by atoms with Gasteiger partial charge in [0.2, 0.25) is 5.91 Å². The Bertz CT molecular complexity index is 874. The van der Waals surface area contributed by atoms with E-state index in [1.165, 1.54) is 37.3 Å². The monoisotopic (exact) mass is 390 g/mol. The molecule has 1 amide bonds. The molecule has 6 nitrogen and oxygen atoms in total. The van der Waals surface area contributed by atoms with E-state index in [9.17, 15) is 22.0 Å². The third kappa shape index (κ3) is 5.30. The molecule has 0 heterocycles. The molecule has 0 aliphatic rings. The first-order valence-electron chi connectivity index (χ1n) is 6.82. The number of benzene rings is 2. The smallest absolute Gasteiger partial charge is 0.387 e. The van der Waals surface area contributed by atoms with Gasteiger partial charge in [-0.05, 0) is 42.5 Å². The third-order valence-corrected chi connectivity index (χ3v) is 4.58. The van der Waals surface area contributed by atoms with Gasteiger partial charge < -0.3 is 10.1 Å². The standard InChI is InChI=1S/C15H13ClF2N2O4S/c1-9(21)19-10-2-5-12(6-3-10)25(22,23)20-11-4-7-14(13(16)8-11)24-15(17)18/h2-8,15,20H,1H3,(H,19,21). The molecule has 0 aromatic heterocycles. The molecular formula is C15H13ClF2N2O4S. The van der Waals surface area contributed by atoms with E-state index in [4.69, 9.17) is 11.6 Å².